The van der Waals surface area contributed by atoms with Crippen LogP contribution in [0.3, 0.4) is 0 Å². The summed E-state index contributed by atoms with van der Waals surface area (Å²) in [4.78, 5) is 11.8. The quantitative estimate of drug-likeness (QED) is 0.127. The lowest BCUT2D eigenvalue weighted by Crippen LogP contribution is -2.59. The highest BCUT2D eigenvalue weighted by Gasteiger charge is 2.44. The number of esters is 1. The van der Waals surface area contributed by atoms with Gasteiger partial charge in [-0.1, -0.05) is 84.0 Å². The van der Waals surface area contributed by atoms with E-state index in [2.05, 4.69) is 6.92 Å². The third-order valence-electron chi connectivity index (χ3n) is 6.22. The van der Waals surface area contributed by atoms with Gasteiger partial charge >= 0.3 is 5.97 Å². The van der Waals surface area contributed by atoms with Crippen molar-refractivity contribution in [1.29, 1.82) is 0 Å². The maximum absolute atomic E-state index is 11.8. The second kappa shape index (κ2) is 19.4. The molecule has 34 heavy (non-hydrogen) atoms. The molecule has 9 heteroatoms. The fraction of sp³-hybridized carbons (Fsp3) is 0.960. The van der Waals surface area contributed by atoms with Crippen LogP contribution in [0.25, 0.3) is 0 Å². The van der Waals surface area contributed by atoms with E-state index in [1.165, 1.54) is 64.2 Å². The standard InChI is InChI=1S/C25H48O9/c1-2-3-4-5-6-7-8-9-10-11-12-13-14-15-21(28)32-17-19(27)18-33-25-24(31)23(30)22(29)20(16-26)34-25/h19-20,22-27,29-31H,2-18H2,1H3/t19-,20+,22+,23-,24+,25+/m0/s1. The van der Waals surface area contributed by atoms with Crippen molar-refractivity contribution in [2.24, 2.45) is 0 Å². The number of hydrogen-bond donors (Lipinski definition) is 5. The summed E-state index contributed by atoms with van der Waals surface area (Å²) in [6.07, 6.45) is 8.18. The first-order valence-corrected chi connectivity index (χ1v) is 13.2. The number of ether oxygens (including phenoxy) is 3. The summed E-state index contributed by atoms with van der Waals surface area (Å²) in [7, 11) is 0. The van der Waals surface area contributed by atoms with Crippen LogP contribution in [0.15, 0.2) is 0 Å². The molecule has 0 unspecified atom stereocenters. The first-order valence-electron chi connectivity index (χ1n) is 13.2. The lowest BCUT2D eigenvalue weighted by molar-refractivity contribution is -0.305. The maximum Gasteiger partial charge on any atom is 0.305 e. The summed E-state index contributed by atoms with van der Waals surface area (Å²) < 4.78 is 15.5. The van der Waals surface area contributed by atoms with Crippen LogP contribution in [0.5, 0.6) is 0 Å². The molecule has 5 N–H and O–H groups in total. The Kier molecular flexibility index (Phi) is 17.8. The molecular formula is C25H48O9. The van der Waals surface area contributed by atoms with Gasteiger partial charge in [0.1, 0.15) is 37.1 Å². The molecule has 0 aromatic heterocycles. The minimum atomic E-state index is -1.55. The van der Waals surface area contributed by atoms with Gasteiger partial charge in [0.15, 0.2) is 6.29 Å². The fourth-order valence-corrected chi connectivity index (χ4v) is 4.01. The van der Waals surface area contributed by atoms with E-state index in [9.17, 15) is 25.2 Å². The normalized spacial score (nSPS) is 25.9. The maximum atomic E-state index is 11.8. The number of carbonyl (C=O) groups is 1. The average Bonchev–Trinajstić information content (AvgIpc) is 2.83. The van der Waals surface area contributed by atoms with Crippen LogP contribution in [0.1, 0.15) is 96.8 Å². The van der Waals surface area contributed by atoms with Gasteiger partial charge in [-0.05, 0) is 6.42 Å². The van der Waals surface area contributed by atoms with Crippen LogP contribution in [0.2, 0.25) is 0 Å². The second-order valence-corrected chi connectivity index (χ2v) is 9.36. The van der Waals surface area contributed by atoms with E-state index in [4.69, 9.17) is 19.3 Å². The molecule has 1 aliphatic rings. The van der Waals surface area contributed by atoms with Gasteiger partial charge in [0.25, 0.3) is 0 Å². The fourth-order valence-electron chi connectivity index (χ4n) is 4.01. The zero-order valence-corrected chi connectivity index (χ0v) is 20.9. The molecule has 0 aromatic carbocycles. The highest BCUT2D eigenvalue weighted by atomic mass is 16.7. The molecule has 0 saturated carbocycles. The lowest BCUT2D eigenvalue weighted by atomic mass is 9.99. The molecule has 1 saturated heterocycles. The van der Waals surface area contributed by atoms with Crippen LogP contribution in [-0.4, -0.2) is 88.1 Å². The van der Waals surface area contributed by atoms with Crippen molar-refractivity contribution in [1.82, 2.24) is 0 Å². The van der Waals surface area contributed by atoms with Crippen LogP contribution in [-0.2, 0) is 19.0 Å². The van der Waals surface area contributed by atoms with Gasteiger partial charge in [0.2, 0.25) is 0 Å². The molecule has 0 radical (unpaired) electrons. The van der Waals surface area contributed by atoms with Crippen LogP contribution in [0.4, 0.5) is 0 Å². The summed E-state index contributed by atoms with van der Waals surface area (Å²) in [5.74, 6) is -0.380. The summed E-state index contributed by atoms with van der Waals surface area (Å²) in [6.45, 7) is 1.11. The molecule has 0 spiro atoms. The summed E-state index contributed by atoms with van der Waals surface area (Å²) in [5.41, 5.74) is 0. The van der Waals surface area contributed by atoms with Crippen molar-refractivity contribution >= 4 is 5.97 Å². The molecule has 1 fully saturated rings. The topological polar surface area (TPSA) is 146 Å². The minimum absolute atomic E-state index is 0.255. The third-order valence-corrected chi connectivity index (χ3v) is 6.22. The average molecular weight is 493 g/mol. The Morgan fingerprint density at radius 3 is 1.85 bits per heavy atom. The van der Waals surface area contributed by atoms with Gasteiger partial charge in [-0.2, -0.15) is 0 Å². The molecule has 1 heterocycles. The molecule has 0 bridgehead atoms. The van der Waals surface area contributed by atoms with E-state index in [0.29, 0.717) is 6.42 Å². The molecule has 1 aliphatic heterocycles. The first-order chi connectivity index (χ1) is 16.4. The number of rotatable bonds is 20. The van der Waals surface area contributed by atoms with Gasteiger partial charge in [-0.25, -0.2) is 0 Å². The number of carbonyl (C=O) groups excluding carboxylic acids is 1. The smallest absolute Gasteiger partial charge is 0.305 e. The molecule has 0 amide bonds. The van der Waals surface area contributed by atoms with Gasteiger partial charge < -0.3 is 39.7 Å². The van der Waals surface area contributed by atoms with E-state index in [-0.39, 0.29) is 19.2 Å². The first kappa shape index (κ1) is 31.2. The Bertz CT molecular complexity index is 503. The van der Waals surface area contributed by atoms with E-state index >= 15 is 0 Å². The molecule has 1 rings (SSSR count). The molecule has 0 aliphatic carbocycles. The van der Waals surface area contributed by atoms with Gasteiger partial charge in [-0.15, -0.1) is 0 Å². The molecule has 6 atom stereocenters. The number of aliphatic hydroxyl groups is 5. The van der Waals surface area contributed by atoms with Crippen molar-refractivity contribution in [3.63, 3.8) is 0 Å². The molecule has 202 valence electrons. The third kappa shape index (κ3) is 13.3. The Hall–Kier alpha value is -0.810. The van der Waals surface area contributed by atoms with Crippen LogP contribution in [0, 0.1) is 0 Å². The highest BCUT2D eigenvalue weighted by Crippen LogP contribution is 2.22. The van der Waals surface area contributed by atoms with Crippen molar-refractivity contribution in [3.8, 4) is 0 Å². The number of unbranched alkanes of at least 4 members (excludes halogenated alkanes) is 12. The largest absolute Gasteiger partial charge is 0.463 e. The second-order valence-electron chi connectivity index (χ2n) is 9.36. The summed E-state index contributed by atoms with van der Waals surface area (Å²) in [6, 6.07) is 0. The van der Waals surface area contributed by atoms with Crippen molar-refractivity contribution < 1.29 is 44.5 Å². The lowest BCUT2D eigenvalue weighted by Gasteiger charge is -2.39. The van der Waals surface area contributed by atoms with Gasteiger partial charge in [-0.3, -0.25) is 4.79 Å². The van der Waals surface area contributed by atoms with Crippen molar-refractivity contribution in [2.75, 3.05) is 19.8 Å². The van der Waals surface area contributed by atoms with Gasteiger partial charge in [0, 0.05) is 6.42 Å². The summed E-state index contributed by atoms with van der Waals surface area (Å²) in [5, 5.41) is 48.4. The van der Waals surface area contributed by atoms with E-state index < -0.39 is 43.4 Å². The Morgan fingerprint density at radius 2 is 1.32 bits per heavy atom. The minimum Gasteiger partial charge on any atom is -0.463 e. The molecule has 9 nitrogen and oxygen atoms in total. The van der Waals surface area contributed by atoms with E-state index in [1.54, 1.807) is 0 Å². The van der Waals surface area contributed by atoms with Crippen molar-refractivity contribution in [2.45, 2.75) is 134 Å². The summed E-state index contributed by atoms with van der Waals surface area (Å²) >= 11 is 0. The van der Waals surface area contributed by atoms with Crippen LogP contribution >= 0.6 is 0 Å². The van der Waals surface area contributed by atoms with Gasteiger partial charge in [0.05, 0.1) is 13.2 Å². The van der Waals surface area contributed by atoms with Crippen molar-refractivity contribution in [3.05, 3.63) is 0 Å². The molecule has 0 aromatic rings. The highest BCUT2D eigenvalue weighted by molar-refractivity contribution is 5.69. The monoisotopic (exact) mass is 492 g/mol. The Balaban J connectivity index is 1.99. The number of aliphatic hydroxyl groups excluding tert-OH is 5. The SMILES string of the molecule is CCCCCCCCCCCCCCCC(=O)OC[C@H](O)CO[C@@H]1O[C@H](CO)[C@@H](O)[C@H](O)[C@H]1O. The van der Waals surface area contributed by atoms with E-state index in [0.717, 1.165) is 19.3 Å². The Morgan fingerprint density at radius 1 is 0.794 bits per heavy atom. The van der Waals surface area contributed by atoms with Crippen LogP contribution < -0.4 is 0 Å². The Labute approximate surface area is 204 Å². The number of hydrogen-bond acceptors (Lipinski definition) is 9. The zero-order chi connectivity index (χ0) is 25.2. The zero-order valence-electron chi connectivity index (χ0n) is 20.9. The molecular weight excluding hydrogens is 444 g/mol. The van der Waals surface area contributed by atoms with E-state index in [1.807, 2.05) is 0 Å². The predicted molar refractivity (Wildman–Crippen MR) is 127 cm³/mol. The predicted octanol–water partition coefficient (Wildman–Crippen LogP) is 2.19.